The maximum Gasteiger partial charge on any atom is 0.417 e. The van der Waals surface area contributed by atoms with Crippen molar-refractivity contribution in [3.8, 4) is 11.6 Å². The predicted octanol–water partition coefficient (Wildman–Crippen LogP) is 6.55. The van der Waals surface area contributed by atoms with Crippen LogP contribution in [0.25, 0.3) is 0 Å². The summed E-state index contributed by atoms with van der Waals surface area (Å²) in [4.78, 5) is 27.6. The highest BCUT2D eigenvalue weighted by molar-refractivity contribution is 9.10. The maximum absolute atomic E-state index is 13.7. The van der Waals surface area contributed by atoms with E-state index in [1.807, 2.05) is 0 Å². The van der Waals surface area contributed by atoms with Crippen molar-refractivity contribution in [1.82, 2.24) is 10.3 Å². The summed E-state index contributed by atoms with van der Waals surface area (Å²) in [5, 5.41) is 3.63. The smallest absolute Gasteiger partial charge is 0.417 e. The van der Waals surface area contributed by atoms with Crippen LogP contribution in [-0.4, -0.2) is 16.9 Å². The average molecular weight is 551 g/mol. The highest BCUT2D eigenvalue weighted by Gasteiger charge is 2.32. The lowest BCUT2D eigenvalue weighted by Gasteiger charge is -2.13. The second-order valence-corrected chi connectivity index (χ2v) is 7.52. The summed E-state index contributed by atoms with van der Waals surface area (Å²) in [6.07, 6.45) is -4.10. The number of ether oxygens (including phenoxy) is 1. The largest absolute Gasteiger partial charge is 0.436 e. The SMILES string of the molecule is O=C(NC(=O)c1c(F)cccc1F)Nc1ccc(Br)c(Oc2ncc(C(F)(F)F)cc2Cl)c1. The van der Waals surface area contributed by atoms with Crippen molar-refractivity contribution in [3.05, 3.63) is 80.9 Å². The third-order valence-corrected chi connectivity index (χ3v) is 4.87. The van der Waals surface area contributed by atoms with Crippen molar-refractivity contribution in [3.63, 3.8) is 0 Å². The molecule has 3 amide bonds. The van der Waals surface area contributed by atoms with Gasteiger partial charge >= 0.3 is 12.2 Å². The van der Waals surface area contributed by atoms with E-state index in [4.69, 9.17) is 16.3 Å². The zero-order valence-electron chi connectivity index (χ0n) is 15.9. The minimum atomic E-state index is -4.64. The number of nitrogens with zero attached hydrogens (tertiary/aromatic N) is 1. The number of benzene rings is 2. The van der Waals surface area contributed by atoms with Gasteiger partial charge < -0.3 is 10.1 Å². The fraction of sp³-hybridized carbons (Fsp3) is 0.0500. The van der Waals surface area contributed by atoms with Gasteiger partial charge in [0.1, 0.15) is 28.0 Å². The van der Waals surface area contributed by atoms with E-state index in [0.29, 0.717) is 16.7 Å². The number of amides is 3. The highest BCUT2D eigenvalue weighted by atomic mass is 79.9. The molecule has 3 aromatic rings. The molecule has 33 heavy (non-hydrogen) atoms. The molecule has 13 heteroatoms. The van der Waals surface area contributed by atoms with Gasteiger partial charge in [-0.3, -0.25) is 10.1 Å². The van der Waals surface area contributed by atoms with E-state index in [-0.39, 0.29) is 17.3 Å². The Morgan fingerprint density at radius 1 is 1.06 bits per heavy atom. The minimum absolute atomic E-state index is 0.00781. The molecule has 0 bridgehead atoms. The third kappa shape index (κ3) is 5.96. The number of alkyl halides is 3. The van der Waals surface area contributed by atoms with Crippen molar-refractivity contribution in [2.45, 2.75) is 6.18 Å². The number of carbonyl (C=O) groups is 2. The molecule has 1 aromatic heterocycles. The van der Waals surface area contributed by atoms with E-state index in [0.717, 1.165) is 18.2 Å². The first-order valence-electron chi connectivity index (χ1n) is 8.72. The predicted molar refractivity (Wildman–Crippen MR) is 111 cm³/mol. The van der Waals surface area contributed by atoms with Gasteiger partial charge in [-0.25, -0.2) is 18.6 Å². The van der Waals surface area contributed by atoms with Gasteiger partial charge in [0.2, 0.25) is 5.88 Å². The molecule has 0 saturated heterocycles. The van der Waals surface area contributed by atoms with Crippen molar-refractivity contribution in [2.24, 2.45) is 0 Å². The Balaban J connectivity index is 1.74. The fourth-order valence-electron chi connectivity index (χ4n) is 2.46. The average Bonchev–Trinajstić information content (AvgIpc) is 2.71. The summed E-state index contributed by atoms with van der Waals surface area (Å²) in [7, 11) is 0. The van der Waals surface area contributed by atoms with Crippen molar-refractivity contribution < 1.29 is 36.3 Å². The van der Waals surface area contributed by atoms with E-state index < -0.39 is 45.9 Å². The van der Waals surface area contributed by atoms with Gasteiger partial charge in [-0.2, -0.15) is 13.2 Å². The number of carbonyl (C=O) groups excluding carboxylic acids is 2. The molecule has 2 N–H and O–H groups in total. The van der Waals surface area contributed by atoms with Crippen LogP contribution in [0.4, 0.5) is 32.4 Å². The number of pyridine rings is 1. The van der Waals surface area contributed by atoms with Crippen molar-refractivity contribution >= 4 is 45.2 Å². The van der Waals surface area contributed by atoms with Gasteiger partial charge in [0.15, 0.2) is 0 Å². The molecule has 0 unspecified atom stereocenters. The van der Waals surface area contributed by atoms with Gasteiger partial charge in [-0.1, -0.05) is 17.7 Å². The molecular formula is C20H10BrClF5N3O3. The van der Waals surface area contributed by atoms with Crippen LogP contribution in [0.15, 0.2) is 53.1 Å². The number of aromatic nitrogens is 1. The van der Waals surface area contributed by atoms with E-state index in [1.165, 1.54) is 18.2 Å². The number of hydrogen-bond donors (Lipinski definition) is 2. The molecule has 0 atom stereocenters. The van der Waals surface area contributed by atoms with Crippen LogP contribution in [0.2, 0.25) is 5.02 Å². The molecular weight excluding hydrogens is 541 g/mol. The maximum atomic E-state index is 13.7. The van der Waals surface area contributed by atoms with Crippen LogP contribution in [0, 0.1) is 11.6 Å². The van der Waals surface area contributed by atoms with Crippen molar-refractivity contribution in [2.75, 3.05) is 5.32 Å². The number of imide groups is 1. The second-order valence-electron chi connectivity index (χ2n) is 6.26. The Morgan fingerprint density at radius 2 is 1.73 bits per heavy atom. The normalized spacial score (nSPS) is 11.1. The standard InChI is InChI=1S/C20H10BrClF5N3O3/c21-11-5-4-10(29-19(32)30-17(31)16-13(23)2-1-3-14(16)24)7-15(11)33-18-12(22)6-9(8-28-18)20(25,26)27/h1-8H,(H2,29,30,31,32). The van der Waals surface area contributed by atoms with Crippen LogP contribution in [-0.2, 0) is 6.18 Å². The quantitative estimate of drug-likeness (QED) is 0.361. The molecule has 0 radical (unpaired) electrons. The van der Waals surface area contributed by atoms with Gasteiger partial charge in [0.25, 0.3) is 5.91 Å². The first-order chi connectivity index (χ1) is 15.5. The molecule has 0 fully saturated rings. The molecule has 172 valence electrons. The summed E-state index contributed by atoms with van der Waals surface area (Å²) < 4.78 is 71.3. The zero-order valence-corrected chi connectivity index (χ0v) is 18.3. The number of urea groups is 1. The van der Waals surface area contributed by atoms with E-state index in [1.54, 1.807) is 5.32 Å². The molecule has 1 heterocycles. The zero-order chi connectivity index (χ0) is 24.3. The number of nitrogens with one attached hydrogen (secondary N) is 2. The fourth-order valence-corrected chi connectivity index (χ4v) is 2.99. The number of anilines is 1. The Kier molecular flexibility index (Phi) is 7.18. The molecule has 0 spiro atoms. The van der Waals surface area contributed by atoms with Gasteiger partial charge in [-0.15, -0.1) is 0 Å². The van der Waals surface area contributed by atoms with E-state index in [9.17, 15) is 31.5 Å². The first-order valence-corrected chi connectivity index (χ1v) is 9.89. The summed E-state index contributed by atoms with van der Waals surface area (Å²) in [5.74, 6) is -3.94. The van der Waals surface area contributed by atoms with Crippen LogP contribution in [0.5, 0.6) is 11.6 Å². The van der Waals surface area contributed by atoms with Gasteiger partial charge in [-0.05, 0) is 46.3 Å². The van der Waals surface area contributed by atoms with Crippen LogP contribution >= 0.6 is 27.5 Å². The Labute approximate surface area is 195 Å². The number of rotatable bonds is 4. The highest BCUT2D eigenvalue weighted by Crippen LogP contribution is 2.37. The first kappa shape index (κ1) is 24.4. The summed E-state index contributed by atoms with van der Waals surface area (Å²) in [5.41, 5.74) is -1.94. The molecule has 2 aromatic carbocycles. The molecule has 0 saturated carbocycles. The van der Waals surface area contributed by atoms with Crippen LogP contribution in [0.1, 0.15) is 15.9 Å². The topological polar surface area (TPSA) is 80.3 Å². The third-order valence-electron chi connectivity index (χ3n) is 3.95. The van der Waals surface area contributed by atoms with E-state index in [2.05, 4.69) is 26.2 Å². The molecule has 0 aliphatic rings. The second kappa shape index (κ2) is 9.71. The lowest BCUT2D eigenvalue weighted by molar-refractivity contribution is -0.137. The molecule has 3 rings (SSSR count). The Bertz CT molecular complexity index is 1220. The molecule has 0 aliphatic carbocycles. The van der Waals surface area contributed by atoms with Crippen LogP contribution in [0.3, 0.4) is 0 Å². The summed E-state index contributed by atoms with van der Waals surface area (Å²) in [6, 6.07) is 6.34. The van der Waals surface area contributed by atoms with Gasteiger partial charge in [0, 0.05) is 18.0 Å². The monoisotopic (exact) mass is 549 g/mol. The number of halogens is 7. The van der Waals surface area contributed by atoms with Crippen LogP contribution < -0.4 is 15.4 Å². The Morgan fingerprint density at radius 3 is 2.33 bits per heavy atom. The molecule has 0 aliphatic heterocycles. The summed E-state index contributed by atoms with van der Waals surface area (Å²) in [6.45, 7) is 0. The minimum Gasteiger partial charge on any atom is -0.436 e. The Hall–Kier alpha value is -3.25. The van der Waals surface area contributed by atoms with Crippen molar-refractivity contribution in [1.29, 1.82) is 0 Å². The summed E-state index contributed by atoms with van der Waals surface area (Å²) >= 11 is 8.99. The number of hydrogen-bond acceptors (Lipinski definition) is 4. The molecule has 6 nitrogen and oxygen atoms in total. The lowest BCUT2D eigenvalue weighted by atomic mass is 10.2. The van der Waals surface area contributed by atoms with Gasteiger partial charge in [0.05, 0.1) is 10.0 Å². The lowest BCUT2D eigenvalue weighted by Crippen LogP contribution is -2.35. The van der Waals surface area contributed by atoms with E-state index >= 15 is 0 Å².